The molecule has 0 radical (unpaired) electrons. The molecule has 1 aromatic rings. The average Bonchev–Trinajstić information content (AvgIpc) is 2.83. The van der Waals surface area contributed by atoms with Crippen molar-refractivity contribution < 1.29 is 44.4 Å². The number of carboxylic acid groups (broad SMARTS) is 2. The van der Waals surface area contributed by atoms with Crippen LogP contribution in [-0.2, 0) is 30.4 Å². The SMILES string of the molecule is CSCCC(NC(=O)C(NC(=O)C(Cc1ccc(O)cc1)NC(=O)C(N)CCC(=O)O)C(C)O)C(=O)O. The molecule has 0 spiro atoms. The van der Waals surface area contributed by atoms with Crippen LogP contribution in [0.3, 0.4) is 0 Å². The van der Waals surface area contributed by atoms with Gasteiger partial charge in [0.2, 0.25) is 17.7 Å². The molecular weight excluding hydrogens is 508 g/mol. The Bertz CT molecular complexity index is 943. The number of carbonyl (C=O) groups is 5. The summed E-state index contributed by atoms with van der Waals surface area (Å²) in [6, 6.07) is 0.460. The molecule has 5 unspecified atom stereocenters. The summed E-state index contributed by atoms with van der Waals surface area (Å²) in [6.07, 6.45) is -0.161. The largest absolute Gasteiger partial charge is 0.508 e. The highest BCUT2D eigenvalue weighted by Crippen LogP contribution is 2.12. The third-order valence-corrected chi connectivity index (χ3v) is 5.95. The summed E-state index contributed by atoms with van der Waals surface area (Å²) in [7, 11) is 0. The van der Waals surface area contributed by atoms with Gasteiger partial charge in [0.15, 0.2) is 0 Å². The summed E-state index contributed by atoms with van der Waals surface area (Å²) in [6.45, 7) is 1.23. The van der Waals surface area contributed by atoms with Gasteiger partial charge < -0.3 is 42.1 Å². The van der Waals surface area contributed by atoms with E-state index in [0.717, 1.165) is 0 Å². The Kier molecular flexibility index (Phi) is 13.4. The Labute approximate surface area is 218 Å². The van der Waals surface area contributed by atoms with Gasteiger partial charge in [0.1, 0.15) is 23.9 Å². The molecule has 0 saturated carbocycles. The van der Waals surface area contributed by atoms with Crippen LogP contribution >= 0.6 is 11.8 Å². The van der Waals surface area contributed by atoms with Gasteiger partial charge in [-0.25, -0.2) is 4.79 Å². The van der Waals surface area contributed by atoms with E-state index in [1.807, 2.05) is 0 Å². The lowest BCUT2D eigenvalue weighted by atomic mass is 10.0. The standard InChI is InChI=1S/C23H34N4O9S/c1-12(28)19(22(34)25-16(23(35)36)9-10-37-2)27-21(33)17(11-13-3-5-14(29)6-4-13)26-20(32)15(24)7-8-18(30)31/h3-6,12,15-17,19,28-29H,7-11,24H2,1-2H3,(H,25,34)(H,26,32)(H,27,33)(H,30,31)(H,35,36). The van der Waals surface area contributed by atoms with Crippen LogP contribution in [0, 0.1) is 0 Å². The van der Waals surface area contributed by atoms with E-state index in [9.17, 15) is 39.3 Å². The van der Waals surface area contributed by atoms with Crippen LogP contribution in [0.5, 0.6) is 5.75 Å². The molecule has 0 aliphatic carbocycles. The predicted octanol–water partition coefficient (Wildman–Crippen LogP) is -1.20. The van der Waals surface area contributed by atoms with Gasteiger partial charge in [-0.2, -0.15) is 11.8 Å². The van der Waals surface area contributed by atoms with Crippen molar-refractivity contribution in [2.45, 2.75) is 62.9 Å². The zero-order valence-electron chi connectivity index (χ0n) is 20.5. The van der Waals surface area contributed by atoms with E-state index in [0.29, 0.717) is 11.3 Å². The molecule has 5 atom stereocenters. The quantitative estimate of drug-likeness (QED) is 0.124. The Morgan fingerprint density at radius 2 is 1.51 bits per heavy atom. The topological polar surface area (TPSA) is 228 Å². The Morgan fingerprint density at radius 1 is 0.919 bits per heavy atom. The number of hydrogen-bond acceptors (Lipinski definition) is 9. The molecule has 9 N–H and O–H groups in total. The fourth-order valence-electron chi connectivity index (χ4n) is 3.18. The van der Waals surface area contributed by atoms with Crippen molar-refractivity contribution in [1.82, 2.24) is 16.0 Å². The lowest BCUT2D eigenvalue weighted by Crippen LogP contribution is -2.60. The first kappa shape index (κ1) is 31.7. The van der Waals surface area contributed by atoms with Crippen molar-refractivity contribution in [1.29, 1.82) is 0 Å². The molecule has 3 amide bonds. The number of aliphatic hydroxyl groups excluding tert-OH is 1. The summed E-state index contributed by atoms with van der Waals surface area (Å²) in [4.78, 5) is 60.7. The molecule has 1 aromatic carbocycles. The summed E-state index contributed by atoms with van der Waals surface area (Å²) < 4.78 is 0. The first-order valence-corrected chi connectivity index (χ1v) is 12.8. The third kappa shape index (κ3) is 11.5. The number of phenolic OH excluding ortho intramolecular Hbond substituents is 1. The minimum Gasteiger partial charge on any atom is -0.508 e. The first-order chi connectivity index (χ1) is 17.3. The summed E-state index contributed by atoms with van der Waals surface area (Å²) in [5.41, 5.74) is 6.27. The number of aromatic hydroxyl groups is 1. The molecule has 0 aliphatic heterocycles. The van der Waals surface area contributed by atoms with Gasteiger partial charge in [-0.05, 0) is 49.5 Å². The molecule has 14 heteroatoms. The fourth-order valence-corrected chi connectivity index (χ4v) is 3.65. The molecule has 1 rings (SSSR count). The van der Waals surface area contributed by atoms with Gasteiger partial charge in [-0.3, -0.25) is 19.2 Å². The number of phenols is 1. The van der Waals surface area contributed by atoms with Crippen LogP contribution in [0.1, 0.15) is 31.7 Å². The molecule has 0 aromatic heterocycles. The van der Waals surface area contributed by atoms with Crippen molar-refractivity contribution in [3.63, 3.8) is 0 Å². The third-order valence-electron chi connectivity index (χ3n) is 5.30. The lowest BCUT2D eigenvalue weighted by Gasteiger charge is -2.26. The molecule has 0 bridgehead atoms. The van der Waals surface area contributed by atoms with Crippen molar-refractivity contribution in [3.05, 3.63) is 29.8 Å². The highest BCUT2D eigenvalue weighted by Gasteiger charge is 2.32. The van der Waals surface area contributed by atoms with Gasteiger partial charge in [0.25, 0.3) is 0 Å². The van der Waals surface area contributed by atoms with Gasteiger partial charge in [0.05, 0.1) is 12.1 Å². The number of hydrogen-bond donors (Lipinski definition) is 8. The first-order valence-electron chi connectivity index (χ1n) is 11.4. The van der Waals surface area contributed by atoms with Crippen LogP contribution < -0.4 is 21.7 Å². The highest BCUT2D eigenvalue weighted by molar-refractivity contribution is 7.98. The van der Waals surface area contributed by atoms with E-state index in [4.69, 9.17) is 10.8 Å². The van der Waals surface area contributed by atoms with Crippen molar-refractivity contribution >= 4 is 41.4 Å². The molecule has 37 heavy (non-hydrogen) atoms. The van der Waals surface area contributed by atoms with E-state index in [1.54, 1.807) is 6.26 Å². The van der Waals surface area contributed by atoms with Crippen molar-refractivity contribution in [3.8, 4) is 5.75 Å². The van der Waals surface area contributed by atoms with E-state index < -0.39 is 59.9 Å². The van der Waals surface area contributed by atoms with Crippen LogP contribution in [0.4, 0.5) is 0 Å². The van der Waals surface area contributed by atoms with Crippen molar-refractivity contribution in [2.75, 3.05) is 12.0 Å². The molecule has 0 saturated heterocycles. The van der Waals surface area contributed by atoms with Crippen LogP contribution in [0.15, 0.2) is 24.3 Å². The van der Waals surface area contributed by atoms with Crippen LogP contribution in [-0.4, -0.2) is 92.4 Å². The highest BCUT2D eigenvalue weighted by atomic mass is 32.2. The summed E-state index contributed by atoms with van der Waals surface area (Å²) in [5, 5.41) is 44.9. The molecule has 206 valence electrons. The Balaban J connectivity index is 3.07. The number of carbonyl (C=O) groups excluding carboxylic acids is 3. The molecule has 0 fully saturated rings. The molecular formula is C23H34N4O9S. The number of amides is 3. The maximum Gasteiger partial charge on any atom is 0.326 e. The number of rotatable bonds is 16. The minimum absolute atomic E-state index is 0.0234. The zero-order valence-corrected chi connectivity index (χ0v) is 21.4. The average molecular weight is 543 g/mol. The second kappa shape index (κ2) is 15.7. The van der Waals surface area contributed by atoms with E-state index in [1.165, 1.54) is 43.0 Å². The second-order valence-corrected chi connectivity index (χ2v) is 9.36. The van der Waals surface area contributed by atoms with E-state index in [2.05, 4.69) is 16.0 Å². The lowest BCUT2D eigenvalue weighted by molar-refractivity contribution is -0.143. The Hall–Kier alpha value is -3.36. The van der Waals surface area contributed by atoms with Crippen LogP contribution in [0.25, 0.3) is 0 Å². The van der Waals surface area contributed by atoms with Gasteiger partial charge in [0, 0.05) is 12.8 Å². The van der Waals surface area contributed by atoms with Crippen LogP contribution in [0.2, 0.25) is 0 Å². The smallest absolute Gasteiger partial charge is 0.326 e. The number of nitrogens with two attached hydrogens (primary N) is 1. The minimum atomic E-state index is -1.54. The zero-order chi connectivity index (χ0) is 28.1. The molecule has 13 nitrogen and oxygen atoms in total. The summed E-state index contributed by atoms with van der Waals surface area (Å²) in [5.74, 6) is -4.60. The molecule has 0 aliphatic rings. The fraction of sp³-hybridized carbons (Fsp3) is 0.522. The van der Waals surface area contributed by atoms with Gasteiger partial charge >= 0.3 is 11.9 Å². The number of thioether (sulfide) groups is 1. The number of nitrogens with one attached hydrogen (secondary N) is 3. The monoisotopic (exact) mass is 542 g/mol. The molecule has 0 heterocycles. The maximum absolute atomic E-state index is 13.1. The van der Waals surface area contributed by atoms with E-state index >= 15 is 0 Å². The second-order valence-electron chi connectivity index (χ2n) is 8.38. The van der Waals surface area contributed by atoms with E-state index in [-0.39, 0.29) is 31.4 Å². The summed E-state index contributed by atoms with van der Waals surface area (Å²) >= 11 is 1.39. The number of aliphatic hydroxyl groups is 1. The number of aliphatic carboxylic acids is 2. The van der Waals surface area contributed by atoms with Crippen molar-refractivity contribution in [2.24, 2.45) is 5.73 Å². The normalized spacial score (nSPS) is 14.9. The predicted molar refractivity (Wildman–Crippen MR) is 135 cm³/mol. The maximum atomic E-state index is 13.1. The number of carboxylic acids is 2. The van der Waals surface area contributed by atoms with Gasteiger partial charge in [-0.1, -0.05) is 12.1 Å². The van der Waals surface area contributed by atoms with Gasteiger partial charge in [-0.15, -0.1) is 0 Å². The Morgan fingerprint density at radius 3 is 2.03 bits per heavy atom. The number of benzene rings is 1.